The Morgan fingerprint density at radius 3 is 2.83 bits per heavy atom. The van der Waals surface area contributed by atoms with Gasteiger partial charge in [0.1, 0.15) is 0 Å². The highest BCUT2D eigenvalue weighted by molar-refractivity contribution is 9.10. The number of benzene rings is 1. The Hall–Kier alpha value is -1.11. The SMILES string of the molecule is COc1cc2c(c(Br)c1O)C(=O)CC1C2CCC2(N)C(O)CCC12. The molecule has 5 nitrogen and oxygen atoms in total. The van der Waals surface area contributed by atoms with Crippen molar-refractivity contribution in [1.82, 2.24) is 0 Å². The minimum atomic E-state index is -0.558. The van der Waals surface area contributed by atoms with Crippen molar-refractivity contribution in [3.63, 3.8) is 0 Å². The van der Waals surface area contributed by atoms with E-state index in [9.17, 15) is 15.0 Å². The van der Waals surface area contributed by atoms with Gasteiger partial charge in [0.25, 0.3) is 0 Å². The molecular formula is C18H22BrNO4. The Kier molecular flexibility index (Phi) is 3.71. The van der Waals surface area contributed by atoms with Crippen molar-refractivity contribution in [2.75, 3.05) is 7.11 Å². The number of nitrogens with two attached hydrogens (primary N) is 1. The number of hydrogen-bond acceptors (Lipinski definition) is 5. The summed E-state index contributed by atoms with van der Waals surface area (Å²) in [5, 5.41) is 20.5. The normalized spacial score (nSPS) is 37.6. The van der Waals surface area contributed by atoms with E-state index in [-0.39, 0.29) is 29.3 Å². The minimum Gasteiger partial charge on any atom is -0.503 e. The zero-order chi connectivity index (χ0) is 17.2. The van der Waals surface area contributed by atoms with E-state index in [0.29, 0.717) is 28.6 Å². The number of methoxy groups -OCH3 is 1. The third-order valence-corrected chi connectivity index (χ3v) is 7.31. The van der Waals surface area contributed by atoms with Gasteiger partial charge in [0, 0.05) is 17.5 Å². The predicted molar refractivity (Wildman–Crippen MR) is 92.4 cm³/mol. The largest absolute Gasteiger partial charge is 0.503 e. The van der Waals surface area contributed by atoms with E-state index >= 15 is 0 Å². The van der Waals surface area contributed by atoms with Gasteiger partial charge in [-0.2, -0.15) is 0 Å². The number of carbonyl (C=O) groups is 1. The molecule has 5 unspecified atom stereocenters. The first-order valence-corrected chi connectivity index (χ1v) is 9.27. The van der Waals surface area contributed by atoms with Gasteiger partial charge >= 0.3 is 0 Å². The highest BCUT2D eigenvalue weighted by atomic mass is 79.9. The molecule has 1 aromatic rings. The zero-order valence-electron chi connectivity index (χ0n) is 13.6. The van der Waals surface area contributed by atoms with Crippen LogP contribution in [0.2, 0.25) is 0 Å². The summed E-state index contributed by atoms with van der Waals surface area (Å²) < 4.78 is 5.70. The van der Waals surface area contributed by atoms with E-state index in [4.69, 9.17) is 10.5 Å². The van der Waals surface area contributed by atoms with Crippen LogP contribution < -0.4 is 10.5 Å². The zero-order valence-corrected chi connectivity index (χ0v) is 15.2. The Bertz CT molecular complexity index is 721. The molecule has 3 aliphatic carbocycles. The quantitative estimate of drug-likeness (QED) is 0.679. The number of halogens is 1. The molecule has 0 aliphatic heterocycles. The Balaban J connectivity index is 1.83. The Morgan fingerprint density at radius 1 is 1.38 bits per heavy atom. The molecule has 5 atom stereocenters. The number of aliphatic hydroxyl groups excluding tert-OH is 1. The maximum Gasteiger partial charge on any atom is 0.172 e. The Labute approximate surface area is 149 Å². The van der Waals surface area contributed by atoms with Crippen LogP contribution in [0.3, 0.4) is 0 Å². The first kappa shape index (κ1) is 16.4. The number of phenolic OH excluding ortho intramolecular Hbond substituents is 1. The molecule has 0 saturated heterocycles. The molecule has 1 aromatic carbocycles. The van der Waals surface area contributed by atoms with Crippen LogP contribution in [0, 0.1) is 11.8 Å². The van der Waals surface area contributed by atoms with Crippen molar-refractivity contribution >= 4 is 21.7 Å². The van der Waals surface area contributed by atoms with Gasteiger partial charge in [-0.15, -0.1) is 0 Å². The number of hydrogen-bond donors (Lipinski definition) is 3. The summed E-state index contributed by atoms with van der Waals surface area (Å²) >= 11 is 3.38. The lowest BCUT2D eigenvalue weighted by atomic mass is 9.58. The van der Waals surface area contributed by atoms with Crippen molar-refractivity contribution in [3.8, 4) is 11.5 Å². The average molecular weight is 396 g/mol. The van der Waals surface area contributed by atoms with Crippen molar-refractivity contribution < 1.29 is 19.7 Å². The summed E-state index contributed by atoms with van der Waals surface area (Å²) in [7, 11) is 1.51. The van der Waals surface area contributed by atoms with Crippen LogP contribution in [0.1, 0.15) is 53.9 Å². The number of aliphatic hydroxyl groups is 1. The second kappa shape index (κ2) is 5.44. The molecule has 2 fully saturated rings. The molecule has 0 radical (unpaired) electrons. The van der Waals surface area contributed by atoms with Gasteiger partial charge in [-0.25, -0.2) is 0 Å². The molecule has 4 N–H and O–H groups in total. The fourth-order valence-corrected chi connectivity index (χ4v) is 5.99. The monoisotopic (exact) mass is 395 g/mol. The second-order valence-corrected chi connectivity index (χ2v) is 8.25. The second-order valence-electron chi connectivity index (χ2n) is 7.45. The van der Waals surface area contributed by atoms with Crippen LogP contribution in [0.4, 0.5) is 0 Å². The van der Waals surface area contributed by atoms with Crippen molar-refractivity contribution in [2.45, 2.75) is 49.7 Å². The summed E-state index contributed by atoms with van der Waals surface area (Å²) in [6, 6.07) is 1.80. The topological polar surface area (TPSA) is 92.8 Å². The Morgan fingerprint density at radius 2 is 2.12 bits per heavy atom. The lowest BCUT2D eigenvalue weighted by molar-refractivity contribution is 0.0291. The molecule has 2 saturated carbocycles. The molecule has 0 aromatic heterocycles. The van der Waals surface area contributed by atoms with Crippen molar-refractivity contribution in [2.24, 2.45) is 17.6 Å². The fourth-order valence-electron chi connectivity index (χ4n) is 5.34. The van der Waals surface area contributed by atoms with Crippen LogP contribution in [0.25, 0.3) is 0 Å². The molecule has 3 aliphatic rings. The van der Waals surface area contributed by atoms with Gasteiger partial charge in [-0.3, -0.25) is 4.79 Å². The fraction of sp³-hybridized carbons (Fsp3) is 0.611. The van der Waals surface area contributed by atoms with Crippen molar-refractivity contribution in [3.05, 3.63) is 21.7 Å². The van der Waals surface area contributed by atoms with E-state index in [1.165, 1.54) is 7.11 Å². The van der Waals surface area contributed by atoms with Crippen LogP contribution in [0.15, 0.2) is 10.5 Å². The third kappa shape index (κ3) is 2.02. The number of aromatic hydroxyl groups is 1. The number of ether oxygens (including phenoxy) is 1. The summed E-state index contributed by atoms with van der Waals surface area (Å²) in [5.41, 5.74) is 7.52. The molecule has 0 heterocycles. The molecule has 0 spiro atoms. The van der Waals surface area contributed by atoms with Gasteiger partial charge in [0.05, 0.1) is 17.7 Å². The summed E-state index contributed by atoms with van der Waals surface area (Å²) in [5.74, 6) is 0.926. The van der Waals surface area contributed by atoms with Gasteiger partial charge in [-0.1, -0.05) is 0 Å². The lowest BCUT2D eigenvalue weighted by Crippen LogP contribution is -2.58. The average Bonchev–Trinajstić information content (AvgIpc) is 2.86. The van der Waals surface area contributed by atoms with Crippen molar-refractivity contribution in [1.29, 1.82) is 0 Å². The summed E-state index contributed by atoms with van der Waals surface area (Å²) in [6.45, 7) is 0. The van der Waals surface area contributed by atoms with Crippen LogP contribution in [-0.4, -0.2) is 34.7 Å². The molecule has 6 heteroatoms. The smallest absolute Gasteiger partial charge is 0.172 e. The minimum absolute atomic E-state index is 0.0247. The van der Waals surface area contributed by atoms with E-state index < -0.39 is 11.6 Å². The van der Waals surface area contributed by atoms with Crippen LogP contribution in [0.5, 0.6) is 11.5 Å². The standard InChI is InChI=1S/C18H22BrNO4/c1-24-13-7-10-8-4-5-18(20)11(2-3-14(18)22)9(8)6-12(21)15(10)16(19)17(13)23/h7-9,11,14,22-23H,2-6,20H2,1H3. The number of rotatable bonds is 1. The van der Waals surface area contributed by atoms with Gasteiger partial charge in [0.2, 0.25) is 0 Å². The summed E-state index contributed by atoms with van der Waals surface area (Å²) in [4.78, 5) is 12.8. The number of ketones is 1. The number of Topliss-reactive ketones (excluding diaryl/α,β-unsaturated/α-hetero) is 1. The third-order valence-electron chi connectivity index (χ3n) is 6.54. The van der Waals surface area contributed by atoms with E-state index in [0.717, 1.165) is 24.8 Å². The molecule has 4 rings (SSSR count). The summed E-state index contributed by atoms with van der Waals surface area (Å²) in [6.07, 6.45) is 3.15. The van der Waals surface area contributed by atoms with E-state index in [1.54, 1.807) is 6.07 Å². The lowest BCUT2D eigenvalue weighted by Gasteiger charge is -2.49. The van der Waals surface area contributed by atoms with Crippen LogP contribution in [-0.2, 0) is 0 Å². The van der Waals surface area contributed by atoms with Gasteiger partial charge in [-0.05, 0) is 71.0 Å². The molecule has 0 amide bonds. The first-order valence-electron chi connectivity index (χ1n) is 8.48. The highest BCUT2D eigenvalue weighted by Crippen LogP contribution is 2.57. The predicted octanol–water partition coefficient (Wildman–Crippen LogP) is 2.71. The maximum atomic E-state index is 12.8. The maximum absolute atomic E-state index is 12.8. The van der Waals surface area contributed by atoms with Gasteiger partial charge < -0.3 is 20.7 Å². The highest BCUT2D eigenvalue weighted by Gasteiger charge is 2.56. The van der Waals surface area contributed by atoms with Crippen LogP contribution >= 0.6 is 15.9 Å². The molecule has 130 valence electrons. The van der Waals surface area contributed by atoms with E-state index in [1.807, 2.05) is 0 Å². The molecular weight excluding hydrogens is 374 g/mol. The van der Waals surface area contributed by atoms with E-state index in [2.05, 4.69) is 15.9 Å². The molecule has 0 bridgehead atoms. The molecule has 24 heavy (non-hydrogen) atoms. The van der Waals surface area contributed by atoms with Gasteiger partial charge in [0.15, 0.2) is 17.3 Å². The number of fused-ring (bicyclic) bond motifs is 5. The first-order chi connectivity index (χ1) is 11.4. The number of carbonyl (C=O) groups excluding carboxylic acids is 1. The number of phenols is 1.